The lowest BCUT2D eigenvalue weighted by molar-refractivity contribution is -0.116. The minimum absolute atomic E-state index is 0.0282. The lowest BCUT2D eigenvalue weighted by Gasteiger charge is -2.09. The van der Waals surface area contributed by atoms with Gasteiger partial charge >= 0.3 is 0 Å². The maximum absolute atomic E-state index is 11.5. The molecule has 3 heteroatoms. The number of rotatable bonds is 4. The van der Waals surface area contributed by atoms with E-state index < -0.39 is 0 Å². The Bertz CT molecular complexity index is 341. The molecule has 1 rings (SSSR count). The van der Waals surface area contributed by atoms with Gasteiger partial charge in [0.05, 0.1) is 0 Å². The van der Waals surface area contributed by atoms with Gasteiger partial charge in [0.25, 0.3) is 0 Å². The first-order valence-corrected chi connectivity index (χ1v) is 5.64. The summed E-state index contributed by atoms with van der Waals surface area (Å²) in [6, 6.07) is 7.68. The molecule has 0 aromatic heterocycles. The Hall–Kier alpha value is -1.35. The number of benzene rings is 1. The molecule has 88 valence electrons. The summed E-state index contributed by atoms with van der Waals surface area (Å²) in [5, 5.41) is 2.86. The van der Waals surface area contributed by atoms with E-state index >= 15 is 0 Å². The van der Waals surface area contributed by atoms with E-state index in [2.05, 4.69) is 5.32 Å². The number of nitrogens with one attached hydrogen (secondary N) is 1. The maximum Gasteiger partial charge on any atom is 0.224 e. The van der Waals surface area contributed by atoms with E-state index in [1.807, 2.05) is 45.0 Å². The molecule has 3 N–H and O–H groups in total. The van der Waals surface area contributed by atoms with E-state index in [9.17, 15) is 4.79 Å². The van der Waals surface area contributed by atoms with Crippen LogP contribution in [0.15, 0.2) is 24.3 Å². The Morgan fingerprint density at radius 1 is 1.25 bits per heavy atom. The van der Waals surface area contributed by atoms with Crippen molar-refractivity contribution in [2.24, 2.45) is 11.7 Å². The van der Waals surface area contributed by atoms with Crippen molar-refractivity contribution >= 4 is 11.6 Å². The Morgan fingerprint density at radius 3 is 2.25 bits per heavy atom. The molecule has 1 atom stereocenters. The molecule has 0 saturated carbocycles. The number of carbonyl (C=O) groups is 1. The summed E-state index contributed by atoms with van der Waals surface area (Å²) in [6.07, 6.45) is 0.551. The monoisotopic (exact) mass is 220 g/mol. The fourth-order valence-corrected chi connectivity index (χ4v) is 1.45. The van der Waals surface area contributed by atoms with Gasteiger partial charge in [-0.1, -0.05) is 26.0 Å². The minimum atomic E-state index is 0.0282. The molecule has 0 spiro atoms. The van der Waals surface area contributed by atoms with Crippen molar-refractivity contribution in [3.05, 3.63) is 29.8 Å². The van der Waals surface area contributed by atoms with Crippen molar-refractivity contribution in [2.45, 2.75) is 33.2 Å². The standard InChI is InChI=1S/C13H20N2O/c1-9(2)8-13(16)15-12-6-4-11(5-7-12)10(3)14/h4-7,9-10H,8,14H2,1-3H3,(H,15,16)/t10-/m0/s1. The van der Waals surface area contributed by atoms with Gasteiger partial charge in [-0.3, -0.25) is 4.79 Å². The molecule has 1 aromatic carbocycles. The summed E-state index contributed by atoms with van der Waals surface area (Å²) in [7, 11) is 0. The molecule has 0 aliphatic rings. The molecule has 3 nitrogen and oxygen atoms in total. The normalized spacial score (nSPS) is 12.6. The largest absolute Gasteiger partial charge is 0.326 e. The molecule has 0 aliphatic carbocycles. The topological polar surface area (TPSA) is 55.1 Å². The molecule has 1 amide bonds. The molecule has 0 bridgehead atoms. The van der Waals surface area contributed by atoms with Crippen LogP contribution >= 0.6 is 0 Å². The third kappa shape index (κ3) is 4.03. The lowest BCUT2D eigenvalue weighted by Crippen LogP contribution is -2.14. The number of hydrogen-bond acceptors (Lipinski definition) is 2. The van der Waals surface area contributed by atoms with Crippen molar-refractivity contribution in [3.63, 3.8) is 0 Å². The fourth-order valence-electron chi connectivity index (χ4n) is 1.45. The highest BCUT2D eigenvalue weighted by Crippen LogP contribution is 2.14. The van der Waals surface area contributed by atoms with Crippen LogP contribution in [0, 0.1) is 5.92 Å². The number of carbonyl (C=O) groups excluding carboxylic acids is 1. The molecule has 0 heterocycles. The summed E-state index contributed by atoms with van der Waals surface area (Å²) in [4.78, 5) is 11.5. The van der Waals surface area contributed by atoms with Crippen molar-refractivity contribution in [3.8, 4) is 0 Å². The van der Waals surface area contributed by atoms with E-state index in [0.29, 0.717) is 12.3 Å². The van der Waals surface area contributed by atoms with Crippen molar-refractivity contribution in [2.75, 3.05) is 5.32 Å². The Balaban J connectivity index is 2.58. The molecule has 0 aliphatic heterocycles. The highest BCUT2D eigenvalue weighted by atomic mass is 16.1. The average Bonchev–Trinajstić information content (AvgIpc) is 2.16. The summed E-state index contributed by atoms with van der Waals surface area (Å²) in [6.45, 7) is 5.99. The lowest BCUT2D eigenvalue weighted by atomic mass is 10.1. The van der Waals surface area contributed by atoms with Crippen molar-refractivity contribution in [1.29, 1.82) is 0 Å². The average molecular weight is 220 g/mol. The van der Waals surface area contributed by atoms with Crippen LogP contribution < -0.4 is 11.1 Å². The Kier molecular flexibility index (Phi) is 4.50. The van der Waals surface area contributed by atoms with Gasteiger partial charge in [0.1, 0.15) is 0 Å². The van der Waals surface area contributed by atoms with Crippen LogP contribution in [0.25, 0.3) is 0 Å². The van der Waals surface area contributed by atoms with Crippen LogP contribution in [0.4, 0.5) is 5.69 Å². The number of anilines is 1. The zero-order valence-corrected chi connectivity index (χ0v) is 10.2. The van der Waals surface area contributed by atoms with Gasteiger partial charge in [0.2, 0.25) is 5.91 Å². The zero-order chi connectivity index (χ0) is 12.1. The SMILES string of the molecule is CC(C)CC(=O)Nc1ccc([C@H](C)N)cc1. The summed E-state index contributed by atoms with van der Waals surface area (Å²) < 4.78 is 0. The number of hydrogen-bond donors (Lipinski definition) is 2. The van der Waals surface area contributed by atoms with Crippen LogP contribution in [-0.2, 0) is 4.79 Å². The zero-order valence-electron chi connectivity index (χ0n) is 10.2. The second kappa shape index (κ2) is 5.66. The highest BCUT2D eigenvalue weighted by Gasteiger charge is 2.05. The van der Waals surface area contributed by atoms with E-state index in [0.717, 1.165) is 11.3 Å². The van der Waals surface area contributed by atoms with Crippen molar-refractivity contribution < 1.29 is 4.79 Å². The van der Waals surface area contributed by atoms with Gasteiger partial charge in [-0.05, 0) is 30.5 Å². The molecule has 0 saturated heterocycles. The quantitative estimate of drug-likeness (QED) is 0.819. The Morgan fingerprint density at radius 2 is 1.81 bits per heavy atom. The van der Waals surface area contributed by atoms with E-state index in [4.69, 9.17) is 5.73 Å². The van der Waals surface area contributed by atoms with Gasteiger partial charge < -0.3 is 11.1 Å². The van der Waals surface area contributed by atoms with Gasteiger partial charge in [-0.25, -0.2) is 0 Å². The summed E-state index contributed by atoms with van der Waals surface area (Å²) in [5.74, 6) is 0.437. The van der Waals surface area contributed by atoms with E-state index in [1.54, 1.807) is 0 Å². The predicted molar refractivity (Wildman–Crippen MR) is 67.1 cm³/mol. The first-order chi connectivity index (χ1) is 7.49. The summed E-state index contributed by atoms with van der Waals surface area (Å²) in [5.41, 5.74) is 7.64. The fraction of sp³-hybridized carbons (Fsp3) is 0.462. The molecule has 0 radical (unpaired) electrons. The van der Waals surface area contributed by atoms with Crippen LogP contribution in [0.5, 0.6) is 0 Å². The molecule has 0 fully saturated rings. The van der Waals surface area contributed by atoms with Crippen molar-refractivity contribution in [1.82, 2.24) is 0 Å². The number of nitrogens with two attached hydrogens (primary N) is 1. The molecular weight excluding hydrogens is 200 g/mol. The molecule has 1 aromatic rings. The first-order valence-electron chi connectivity index (χ1n) is 5.64. The number of amides is 1. The van der Waals surface area contributed by atoms with Crippen LogP contribution in [0.2, 0.25) is 0 Å². The van der Waals surface area contributed by atoms with Gasteiger partial charge in [-0.15, -0.1) is 0 Å². The van der Waals surface area contributed by atoms with Crippen LogP contribution in [-0.4, -0.2) is 5.91 Å². The van der Waals surface area contributed by atoms with Crippen LogP contribution in [0.3, 0.4) is 0 Å². The third-order valence-corrected chi connectivity index (χ3v) is 2.31. The smallest absolute Gasteiger partial charge is 0.224 e. The highest BCUT2D eigenvalue weighted by molar-refractivity contribution is 5.90. The second-order valence-electron chi connectivity index (χ2n) is 4.56. The predicted octanol–water partition coefficient (Wildman–Crippen LogP) is 2.69. The second-order valence-corrected chi connectivity index (χ2v) is 4.56. The first kappa shape index (κ1) is 12.7. The van der Waals surface area contributed by atoms with Gasteiger partial charge in [0, 0.05) is 18.2 Å². The molecule has 16 heavy (non-hydrogen) atoms. The van der Waals surface area contributed by atoms with Gasteiger partial charge in [0.15, 0.2) is 0 Å². The van der Waals surface area contributed by atoms with E-state index in [1.165, 1.54) is 0 Å². The minimum Gasteiger partial charge on any atom is -0.326 e. The van der Waals surface area contributed by atoms with E-state index in [-0.39, 0.29) is 11.9 Å². The maximum atomic E-state index is 11.5. The Labute approximate surface area is 97.0 Å². The molecule has 0 unspecified atom stereocenters. The third-order valence-electron chi connectivity index (χ3n) is 2.31. The molecular formula is C13H20N2O. The van der Waals surface area contributed by atoms with Gasteiger partial charge in [-0.2, -0.15) is 0 Å². The summed E-state index contributed by atoms with van der Waals surface area (Å²) >= 11 is 0. The van der Waals surface area contributed by atoms with Crippen LogP contribution in [0.1, 0.15) is 38.8 Å².